The first-order valence-electron chi connectivity index (χ1n) is 10.3. The van der Waals surface area contributed by atoms with E-state index in [0.717, 1.165) is 0 Å². The molecule has 1 aliphatic rings. The Morgan fingerprint density at radius 1 is 1.03 bits per heavy atom. The fourth-order valence-corrected chi connectivity index (χ4v) is 4.59. The van der Waals surface area contributed by atoms with Crippen LogP contribution >= 0.6 is 0 Å². The summed E-state index contributed by atoms with van der Waals surface area (Å²) in [6, 6.07) is 13.9. The van der Waals surface area contributed by atoms with Gasteiger partial charge in [0.25, 0.3) is 5.91 Å². The van der Waals surface area contributed by atoms with Gasteiger partial charge in [0.2, 0.25) is 10.0 Å². The minimum Gasteiger partial charge on any atom is -0.481 e. The number of morpholine rings is 1. The summed E-state index contributed by atoms with van der Waals surface area (Å²) in [5.41, 5.74) is 1.92. The molecule has 0 aromatic heterocycles. The van der Waals surface area contributed by atoms with E-state index in [9.17, 15) is 13.2 Å². The molecule has 1 heterocycles. The molecule has 0 aliphatic carbocycles. The third-order valence-electron chi connectivity index (χ3n) is 5.13. The van der Waals surface area contributed by atoms with Crippen molar-refractivity contribution in [3.63, 3.8) is 0 Å². The average molecular weight is 447 g/mol. The largest absolute Gasteiger partial charge is 0.481 e. The average Bonchev–Trinajstić information content (AvgIpc) is 2.74. The van der Waals surface area contributed by atoms with Crippen LogP contribution in [-0.2, 0) is 25.0 Å². The minimum atomic E-state index is -3.56. The Hall–Kier alpha value is -2.42. The standard InChI is InChI=1S/C23H30N2O5S/c1-17(22(26)24-19-7-5-18(6-8-19)23(2,3)4)30-20-9-11-21(12-10-20)31(27,28)25-13-15-29-16-14-25/h5-12,17H,13-16H2,1-4H3,(H,24,26). The number of carbonyl (C=O) groups is 1. The third kappa shape index (κ3) is 5.84. The second-order valence-electron chi connectivity index (χ2n) is 8.56. The van der Waals surface area contributed by atoms with Crippen molar-refractivity contribution in [2.75, 3.05) is 31.6 Å². The van der Waals surface area contributed by atoms with E-state index in [1.54, 1.807) is 19.1 Å². The van der Waals surface area contributed by atoms with Crippen LogP contribution in [0.5, 0.6) is 5.75 Å². The zero-order valence-corrected chi connectivity index (χ0v) is 19.2. The molecule has 0 radical (unpaired) electrons. The Morgan fingerprint density at radius 3 is 2.16 bits per heavy atom. The van der Waals surface area contributed by atoms with Crippen molar-refractivity contribution in [2.45, 2.75) is 44.1 Å². The van der Waals surface area contributed by atoms with Gasteiger partial charge in [-0.15, -0.1) is 0 Å². The molecule has 7 nitrogen and oxygen atoms in total. The molecule has 2 aromatic carbocycles. The molecule has 1 atom stereocenters. The van der Waals surface area contributed by atoms with Gasteiger partial charge < -0.3 is 14.8 Å². The Bertz CT molecular complexity index is 990. The van der Waals surface area contributed by atoms with E-state index in [2.05, 4.69) is 26.1 Å². The van der Waals surface area contributed by atoms with Crippen LogP contribution in [0, 0.1) is 0 Å². The maximum Gasteiger partial charge on any atom is 0.265 e. The van der Waals surface area contributed by atoms with Gasteiger partial charge in [0.1, 0.15) is 5.75 Å². The van der Waals surface area contributed by atoms with E-state index in [0.29, 0.717) is 37.7 Å². The molecule has 8 heteroatoms. The highest BCUT2D eigenvalue weighted by Gasteiger charge is 2.26. The molecular weight excluding hydrogens is 416 g/mol. The van der Waals surface area contributed by atoms with Gasteiger partial charge in [0.05, 0.1) is 18.1 Å². The smallest absolute Gasteiger partial charge is 0.265 e. The zero-order chi connectivity index (χ0) is 22.6. The highest BCUT2D eigenvalue weighted by molar-refractivity contribution is 7.89. The summed E-state index contributed by atoms with van der Waals surface area (Å²) in [4.78, 5) is 12.7. The summed E-state index contributed by atoms with van der Waals surface area (Å²) in [5, 5.41) is 2.84. The second kappa shape index (κ2) is 9.38. The number of carbonyl (C=O) groups excluding carboxylic acids is 1. The van der Waals surface area contributed by atoms with E-state index >= 15 is 0 Å². The lowest BCUT2D eigenvalue weighted by atomic mass is 9.87. The number of rotatable bonds is 6. The highest BCUT2D eigenvalue weighted by Crippen LogP contribution is 2.24. The van der Waals surface area contributed by atoms with Gasteiger partial charge in [0, 0.05) is 18.8 Å². The lowest BCUT2D eigenvalue weighted by molar-refractivity contribution is -0.122. The van der Waals surface area contributed by atoms with Gasteiger partial charge >= 0.3 is 0 Å². The number of amides is 1. The molecule has 168 valence electrons. The quantitative estimate of drug-likeness (QED) is 0.735. The number of nitrogens with zero attached hydrogens (tertiary/aromatic N) is 1. The van der Waals surface area contributed by atoms with Crippen LogP contribution in [0.15, 0.2) is 53.4 Å². The Labute approximate surface area is 184 Å². The number of ether oxygens (including phenoxy) is 2. The van der Waals surface area contributed by atoms with Crippen LogP contribution in [0.4, 0.5) is 5.69 Å². The third-order valence-corrected chi connectivity index (χ3v) is 7.04. The predicted octanol–water partition coefficient (Wildman–Crippen LogP) is 3.41. The topological polar surface area (TPSA) is 84.9 Å². The summed E-state index contributed by atoms with van der Waals surface area (Å²) in [5.74, 6) is 0.139. The van der Waals surface area contributed by atoms with Crippen molar-refractivity contribution in [3.05, 3.63) is 54.1 Å². The van der Waals surface area contributed by atoms with Crippen molar-refractivity contribution in [2.24, 2.45) is 0 Å². The summed E-state index contributed by atoms with van der Waals surface area (Å²) >= 11 is 0. The fourth-order valence-electron chi connectivity index (χ4n) is 3.18. The lowest BCUT2D eigenvalue weighted by Crippen LogP contribution is -2.40. The number of nitrogens with one attached hydrogen (secondary N) is 1. The molecule has 0 bridgehead atoms. The maximum atomic E-state index is 12.7. The van der Waals surface area contributed by atoms with E-state index in [4.69, 9.17) is 9.47 Å². The van der Waals surface area contributed by atoms with Gasteiger partial charge in [-0.1, -0.05) is 32.9 Å². The molecule has 0 saturated carbocycles. The van der Waals surface area contributed by atoms with Gasteiger partial charge in [-0.05, 0) is 54.3 Å². The van der Waals surface area contributed by atoms with E-state index < -0.39 is 16.1 Å². The molecule has 3 rings (SSSR count). The highest BCUT2D eigenvalue weighted by atomic mass is 32.2. The maximum absolute atomic E-state index is 12.7. The first-order valence-corrected chi connectivity index (χ1v) is 11.8. The lowest BCUT2D eigenvalue weighted by Gasteiger charge is -2.26. The number of hydrogen-bond acceptors (Lipinski definition) is 5. The Kier molecular flexibility index (Phi) is 7.03. The first kappa shape index (κ1) is 23.2. The molecule has 0 spiro atoms. The molecular formula is C23H30N2O5S. The van der Waals surface area contributed by atoms with Crippen LogP contribution in [0.2, 0.25) is 0 Å². The summed E-state index contributed by atoms with van der Waals surface area (Å²) < 4.78 is 37.7. The van der Waals surface area contributed by atoms with Crippen molar-refractivity contribution >= 4 is 21.6 Å². The van der Waals surface area contributed by atoms with Crippen LogP contribution < -0.4 is 10.1 Å². The van der Waals surface area contributed by atoms with E-state index in [1.807, 2.05) is 24.3 Å². The number of sulfonamides is 1. The molecule has 1 aliphatic heterocycles. The molecule has 1 amide bonds. The van der Waals surface area contributed by atoms with E-state index in [-0.39, 0.29) is 16.2 Å². The van der Waals surface area contributed by atoms with Gasteiger partial charge in [-0.2, -0.15) is 4.31 Å². The molecule has 1 N–H and O–H groups in total. The molecule has 2 aromatic rings. The monoisotopic (exact) mass is 446 g/mol. The molecule has 1 fully saturated rings. The van der Waals surface area contributed by atoms with Crippen molar-refractivity contribution in [1.29, 1.82) is 0 Å². The molecule has 1 saturated heterocycles. The van der Waals surface area contributed by atoms with Crippen molar-refractivity contribution in [3.8, 4) is 5.75 Å². The zero-order valence-electron chi connectivity index (χ0n) is 18.4. The normalized spacial score (nSPS) is 16.5. The number of benzene rings is 2. The van der Waals surface area contributed by atoms with Crippen LogP contribution in [0.25, 0.3) is 0 Å². The number of anilines is 1. The number of hydrogen-bond donors (Lipinski definition) is 1. The van der Waals surface area contributed by atoms with Gasteiger partial charge in [-0.25, -0.2) is 8.42 Å². The molecule has 1 unspecified atom stereocenters. The Morgan fingerprint density at radius 2 is 1.61 bits per heavy atom. The SMILES string of the molecule is CC(Oc1ccc(S(=O)(=O)N2CCOCC2)cc1)C(=O)Nc1ccc(C(C)(C)C)cc1. The van der Waals surface area contributed by atoms with Crippen LogP contribution in [-0.4, -0.2) is 51.0 Å². The summed E-state index contributed by atoms with van der Waals surface area (Å²) in [6.45, 7) is 9.52. The van der Waals surface area contributed by atoms with Crippen LogP contribution in [0.1, 0.15) is 33.3 Å². The molecule has 31 heavy (non-hydrogen) atoms. The predicted molar refractivity (Wildman–Crippen MR) is 120 cm³/mol. The van der Waals surface area contributed by atoms with Gasteiger partial charge in [-0.3, -0.25) is 4.79 Å². The summed E-state index contributed by atoms with van der Waals surface area (Å²) in [7, 11) is -3.56. The van der Waals surface area contributed by atoms with Crippen molar-refractivity contribution < 1.29 is 22.7 Å². The van der Waals surface area contributed by atoms with Crippen molar-refractivity contribution in [1.82, 2.24) is 4.31 Å². The Balaban J connectivity index is 1.59. The van der Waals surface area contributed by atoms with Crippen LogP contribution in [0.3, 0.4) is 0 Å². The second-order valence-corrected chi connectivity index (χ2v) is 10.5. The van der Waals surface area contributed by atoms with Gasteiger partial charge in [0.15, 0.2) is 6.10 Å². The fraction of sp³-hybridized carbons (Fsp3) is 0.435. The minimum absolute atomic E-state index is 0.0420. The summed E-state index contributed by atoms with van der Waals surface area (Å²) in [6.07, 6.45) is -0.746. The first-order chi connectivity index (χ1) is 14.6. The van der Waals surface area contributed by atoms with E-state index in [1.165, 1.54) is 22.0 Å².